The minimum atomic E-state index is 0.395. The number of aliphatic imine (C=N–C) groups is 1. The van der Waals surface area contributed by atoms with Gasteiger partial charge in [0.2, 0.25) is 0 Å². The Hall–Kier alpha value is -3.09. The zero-order valence-electron chi connectivity index (χ0n) is 19.0. The third-order valence-corrected chi connectivity index (χ3v) is 5.60. The summed E-state index contributed by atoms with van der Waals surface area (Å²) in [5.74, 6) is 3.37. The van der Waals surface area contributed by atoms with Crippen LogP contribution < -0.4 is 29.7 Å². The summed E-state index contributed by atoms with van der Waals surface area (Å²) in [4.78, 5) is 6.77. The number of rotatable bonds is 8. The number of methoxy groups -OCH3 is 3. The van der Waals surface area contributed by atoms with Crippen molar-refractivity contribution in [3.8, 4) is 17.2 Å². The Bertz CT molecular complexity index is 841. The molecule has 3 rings (SSSR count). The molecule has 168 valence electrons. The normalized spacial score (nSPS) is 14.8. The highest BCUT2D eigenvalue weighted by molar-refractivity contribution is 5.80. The first-order valence-corrected chi connectivity index (χ1v) is 10.7. The van der Waals surface area contributed by atoms with Crippen molar-refractivity contribution in [2.24, 2.45) is 4.99 Å². The molecule has 1 saturated heterocycles. The van der Waals surface area contributed by atoms with Crippen LogP contribution in [0.5, 0.6) is 17.2 Å². The van der Waals surface area contributed by atoms with Crippen molar-refractivity contribution in [2.45, 2.75) is 25.3 Å². The average molecular weight is 427 g/mol. The van der Waals surface area contributed by atoms with E-state index < -0.39 is 0 Å². The molecule has 7 nitrogen and oxygen atoms in total. The summed E-state index contributed by atoms with van der Waals surface area (Å²) in [6.07, 6.45) is 2.99. The second-order valence-corrected chi connectivity index (χ2v) is 7.58. The third-order valence-electron chi connectivity index (χ3n) is 5.60. The highest BCUT2D eigenvalue weighted by Gasteiger charge is 2.21. The molecule has 0 radical (unpaired) electrons. The van der Waals surface area contributed by atoms with Gasteiger partial charge >= 0.3 is 0 Å². The van der Waals surface area contributed by atoms with Gasteiger partial charge in [0.15, 0.2) is 5.96 Å². The first kappa shape index (κ1) is 22.6. The maximum atomic E-state index is 5.41. The first-order valence-electron chi connectivity index (χ1n) is 10.7. The van der Waals surface area contributed by atoms with E-state index in [1.807, 2.05) is 25.2 Å². The van der Waals surface area contributed by atoms with Crippen LogP contribution in [0.25, 0.3) is 0 Å². The molecule has 2 N–H and O–H groups in total. The average Bonchev–Trinajstić information content (AvgIpc) is 2.83. The Labute approximate surface area is 185 Å². The molecule has 1 aliphatic rings. The minimum Gasteiger partial charge on any atom is -0.497 e. The fourth-order valence-corrected chi connectivity index (χ4v) is 3.80. The lowest BCUT2D eigenvalue weighted by molar-refractivity contribution is 0.393. The van der Waals surface area contributed by atoms with E-state index in [0.29, 0.717) is 6.04 Å². The van der Waals surface area contributed by atoms with Gasteiger partial charge in [0.05, 0.1) is 21.3 Å². The molecule has 0 aliphatic carbocycles. The lowest BCUT2D eigenvalue weighted by Gasteiger charge is -2.34. The van der Waals surface area contributed by atoms with Gasteiger partial charge in [-0.3, -0.25) is 4.99 Å². The zero-order chi connectivity index (χ0) is 22.1. The maximum Gasteiger partial charge on any atom is 0.191 e. The van der Waals surface area contributed by atoms with Gasteiger partial charge < -0.3 is 29.7 Å². The fourth-order valence-electron chi connectivity index (χ4n) is 3.80. The van der Waals surface area contributed by atoms with Crippen molar-refractivity contribution in [3.05, 3.63) is 48.0 Å². The van der Waals surface area contributed by atoms with Crippen LogP contribution in [0.3, 0.4) is 0 Å². The van der Waals surface area contributed by atoms with Crippen molar-refractivity contribution in [2.75, 3.05) is 52.9 Å². The Kier molecular flexibility index (Phi) is 8.27. The van der Waals surface area contributed by atoms with Gasteiger partial charge in [0.1, 0.15) is 17.2 Å². The van der Waals surface area contributed by atoms with Gasteiger partial charge in [0, 0.05) is 56.6 Å². The molecule has 1 aliphatic heterocycles. The highest BCUT2D eigenvalue weighted by atomic mass is 16.5. The van der Waals surface area contributed by atoms with Crippen molar-refractivity contribution in [1.82, 2.24) is 10.6 Å². The number of piperidine rings is 1. The fraction of sp³-hybridized carbons (Fsp3) is 0.458. The quantitative estimate of drug-likeness (QED) is 0.500. The van der Waals surface area contributed by atoms with Gasteiger partial charge in [-0.05, 0) is 37.0 Å². The van der Waals surface area contributed by atoms with Crippen LogP contribution in [-0.2, 0) is 6.42 Å². The summed E-state index contributed by atoms with van der Waals surface area (Å²) in [6, 6.07) is 14.6. The van der Waals surface area contributed by atoms with Crippen molar-refractivity contribution in [1.29, 1.82) is 0 Å². The van der Waals surface area contributed by atoms with Gasteiger partial charge in [-0.1, -0.05) is 12.1 Å². The molecule has 1 fully saturated rings. The molecule has 0 unspecified atom stereocenters. The third kappa shape index (κ3) is 6.44. The number of benzene rings is 2. The lowest BCUT2D eigenvalue weighted by atomic mass is 10.0. The smallest absolute Gasteiger partial charge is 0.191 e. The number of anilines is 1. The minimum absolute atomic E-state index is 0.395. The molecule has 0 atom stereocenters. The van der Waals surface area contributed by atoms with Gasteiger partial charge in [0.25, 0.3) is 0 Å². The summed E-state index contributed by atoms with van der Waals surface area (Å²) in [6.45, 7) is 2.75. The molecule has 0 amide bonds. The molecule has 0 saturated carbocycles. The summed E-state index contributed by atoms with van der Waals surface area (Å²) in [5.41, 5.74) is 2.37. The van der Waals surface area contributed by atoms with Crippen LogP contribution in [0.15, 0.2) is 47.5 Å². The Morgan fingerprint density at radius 1 is 0.968 bits per heavy atom. The van der Waals surface area contributed by atoms with Crippen molar-refractivity contribution < 1.29 is 14.2 Å². The SMILES string of the molecule is CN=C(NCCc1cccc(OC)c1)NC1CCN(c2cc(OC)cc(OC)c2)CC1. The van der Waals surface area contributed by atoms with Crippen LogP contribution in [-0.4, -0.2) is 60.0 Å². The number of nitrogens with zero attached hydrogens (tertiary/aromatic N) is 2. The van der Waals surface area contributed by atoms with Crippen LogP contribution in [0.4, 0.5) is 5.69 Å². The zero-order valence-corrected chi connectivity index (χ0v) is 19.0. The maximum absolute atomic E-state index is 5.41. The van der Waals surface area contributed by atoms with Gasteiger partial charge in [-0.25, -0.2) is 0 Å². The van der Waals surface area contributed by atoms with E-state index in [9.17, 15) is 0 Å². The second-order valence-electron chi connectivity index (χ2n) is 7.58. The van der Waals surface area contributed by atoms with E-state index in [1.165, 1.54) is 5.56 Å². The molecule has 2 aromatic carbocycles. The van der Waals surface area contributed by atoms with E-state index >= 15 is 0 Å². The number of nitrogens with one attached hydrogen (secondary N) is 2. The summed E-state index contributed by atoms with van der Waals surface area (Å²) >= 11 is 0. The Morgan fingerprint density at radius 2 is 1.65 bits per heavy atom. The number of guanidine groups is 1. The molecule has 31 heavy (non-hydrogen) atoms. The monoisotopic (exact) mass is 426 g/mol. The van der Waals surface area contributed by atoms with Crippen LogP contribution in [0.2, 0.25) is 0 Å². The molecule has 0 aromatic heterocycles. The predicted molar refractivity (Wildman–Crippen MR) is 126 cm³/mol. The summed E-state index contributed by atoms with van der Waals surface area (Å²) in [5, 5.41) is 7.00. The van der Waals surface area contributed by atoms with Crippen LogP contribution in [0, 0.1) is 0 Å². The van der Waals surface area contributed by atoms with E-state index in [4.69, 9.17) is 14.2 Å². The topological polar surface area (TPSA) is 67.4 Å². The van der Waals surface area contributed by atoms with E-state index in [2.05, 4.69) is 44.8 Å². The number of hydrogen-bond acceptors (Lipinski definition) is 5. The largest absolute Gasteiger partial charge is 0.497 e. The second kappa shape index (κ2) is 11.3. The molecular weight excluding hydrogens is 392 g/mol. The Morgan fingerprint density at radius 3 is 2.26 bits per heavy atom. The molecule has 0 spiro atoms. The highest BCUT2D eigenvalue weighted by Crippen LogP contribution is 2.30. The van der Waals surface area contributed by atoms with E-state index in [-0.39, 0.29) is 0 Å². The first-order chi connectivity index (χ1) is 15.1. The molecule has 0 bridgehead atoms. The standard InChI is InChI=1S/C24H34N4O3/c1-25-24(26-11-8-18-6-5-7-21(14-18)29-2)27-19-9-12-28(13-10-19)20-15-22(30-3)17-23(16-20)31-4/h5-7,14-17,19H,8-13H2,1-4H3,(H2,25,26,27). The number of hydrogen-bond donors (Lipinski definition) is 2. The van der Waals surface area contributed by atoms with Gasteiger partial charge in [-0.2, -0.15) is 0 Å². The van der Waals surface area contributed by atoms with Crippen molar-refractivity contribution in [3.63, 3.8) is 0 Å². The molecule has 1 heterocycles. The lowest BCUT2D eigenvalue weighted by Crippen LogP contribution is -2.49. The summed E-state index contributed by atoms with van der Waals surface area (Å²) < 4.78 is 16.1. The predicted octanol–water partition coefficient (Wildman–Crippen LogP) is 3.09. The van der Waals surface area contributed by atoms with E-state index in [0.717, 1.165) is 67.8 Å². The van der Waals surface area contributed by atoms with Crippen molar-refractivity contribution >= 4 is 11.6 Å². The Balaban J connectivity index is 1.47. The van der Waals surface area contributed by atoms with E-state index in [1.54, 1.807) is 21.3 Å². The van der Waals surface area contributed by atoms with Gasteiger partial charge in [-0.15, -0.1) is 0 Å². The summed E-state index contributed by atoms with van der Waals surface area (Å²) in [7, 11) is 6.88. The van der Waals surface area contributed by atoms with Crippen LogP contribution >= 0.6 is 0 Å². The molecule has 7 heteroatoms. The van der Waals surface area contributed by atoms with Crippen LogP contribution in [0.1, 0.15) is 18.4 Å². The molecular formula is C24H34N4O3. The molecule has 2 aromatic rings. The number of ether oxygens (including phenoxy) is 3.